The number of benzene rings is 1. The first-order chi connectivity index (χ1) is 6.95. The zero-order valence-electron chi connectivity index (χ0n) is 8.37. The van der Waals surface area contributed by atoms with E-state index in [-0.39, 0.29) is 31.0 Å². The molecule has 16 heavy (non-hydrogen) atoms. The predicted octanol–water partition coefficient (Wildman–Crippen LogP) is 1.99. The number of aliphatic hydroxyl groups is 1. The van der Waals surface area contributed by atoms with Gasteiger partial charge >= 0.3 is 6.18 Å². The fourth-order valence-electron chi connectivity index (χ4n) is 1.32. The molecular weight excluding hydrogens is 243 g/mol. The number of hydrogen-bond acceptors (Lipinski definition) is 2. The van der Waals surface area contributed by atoms with Crippen LogP contribution in [0.4, 0.5) is 13.2 Å². The molecule has 6 heteroatoms. The Morgan fingerprint density at radius 1 is 1.25 bits per heavy atom. The molecular formula is C10H13ClF3NO. The highest BCUT2D eigenvalue weighted by Gasteiger charge is 2.32. The molecule has 0 radical (unpaired) electrons. The van der Waals surface area contributed by atoms with Gasteiger partial charge in [-0.15, -0.1) is 12.4 Å². The largest absolute Gasteiger partial charge is 0.416 e. The minimum atomic E-state index is -4.37. The minimum Gasteiger partial charge on any atom is -0.395 e. The fraction of sp³-hybridized carbons (Fsp3) is 0.400. The summed E-state index contributed by atoms with van der Waals surface area (Å²) >= 11 is 0. The summed E-state index contributed by atoms with van der Waals surface area (Å²) in [4.78, 5) is 0. The van der Waals surface area contributed by atoms with Crippen molar-refractivity contribution in [2.45, 2.75) is 18.6 Å². The van der Waals surface area contributed by atoms with Crippen LogP contribution >= 0.6 is 12.4 Å². The first-order valence-corrected chi connectivity index (χ1v) is 4.46. The lowest BCUT2D eigenvalue weighted by molar-refractivity contribution is -0.138. The Hall–Kier alpha value is -0.780. The van der Waals surface area contributed by atoms with Crippen LogP contribution < -0.4 is 5.73 Å². The highest BCUT2D eigenvalue weighted by molar-refractivity contribution is 5.85. The average molecular weight is 256 g/mol. The van der Waals surface area contributed by atoms with E-state index in [2.05, 4.69) is 0 Å². The van der Waals surface area contributed by atoms with Crippen LogP contribution in [0.25, 0.3) is 0 Å². The highest BCUT2D eigenvalue weighted by Crippen LogP contribution is 2.32. The van der Waals surface area contributed by atoms with Crippen molar-refractivity contribution in [3.63, 3.8) is 0 Å². The van der Waals surface area contributed by atoms with Crippen molar-refractivity contribution in [3.05, 3.63) is 35.4 Å². The predicted molar refractivity (Wildman–Crippen MR) is 57.5 cm³/mol. The summed E-state index contributed by atoms with van der Waals surface area (Å²) in [5.41, 5.74) is 4.83. The molecule has 92 valence electrons. The lowest BCUT2D eigenvalue weighted by Gasteiger charge is -2.14. The third-order valence-corrected chi connectivity index (χ3v) is 2.04. The standard InChI is InChI=1S/C10H12F3NO.ClH/c11-10(12,13)9-4-2-1-3-7(9)5-8(14)6-15;/h1-4,8,15H,5-6,14H2;1H. The normalized spacial score (nSPS) is 13.1. The average Bonchev–Trinajstić information content (AvgIpc) is 2.17. The SMILES string of the molecule is Cl.NC(CO)Cc1ccccc1C(F)(F)F. The maximum atomic E-state index is 12.5. The summed E-state index contributed by atoms with van der Waals surface area (Å²) in [6.07, 6.45) is -4.35. The Balaban J connectivity index is 0.00000225. The molecule has 0 aliphatic heterocycles. The second-order valence-corrected chi connectivity index (χ2v) is 3.30. The summed E-state index contributed by atoms with van der Waals surface area (Å²) in [6.45, 7) is -0.327. The van der Waals surface area contributed by atoms with Crippen molar-refractivity contribution in [1.82, 2.24) is 0 Å². The van der Waals surface area contributed by atoms with Crippen LogP contribution in [-0.4, -0.2) is 17.8 Å². The topological polar surface area (TPSA) is 46.2 Å². The lowest BCUT2D eigenvalue weighted by Crippen LogP contribution is -2.28. The summed E-state index contributed by atoms with van der Waals surface area (Å²) in [5, 5.41) is 8.68. The third kappa shape index (κ3) is 4.00. The van der Waals surface area contributed by atoms with Crippen molar-refractivity contribution < 1.29 is 18.3 Å². The molecule has 0 aliphatic carbocycles. The Labute approximate surface area is 97.7 Å². The molecule has 0 aliphatic rings. The molecule has 0 saturated carbocycles. The van der Waals surface area contributed by atoms with Crippen molar-refractivity contribution in [2.75, 3.05) is 6.61 Å². The number of aliphatic hydroxyl groups excluding tert-OH is 1. The minimum absolute atomic E-state index is 0. The smallest absolute Gasteiger partial charge is 0.395 e. The summed E-state index contributed by atoms with van der Waals surface area (Å²) < 4.78 is 37.5. The van der Waals surface area contributed by atoms with Crippen LogP contribution in [0.5, 0.6) is 0 Å². The van der Waals surface area contributed by atoms with Gasteiger partial charge < -0.3 is 10.8 Å². The monoisotopic (exact) mass is 255 g/mol. The van der Waals surface area contributed by atoms with Gasteiger partial charge in [0.1, 0.15) is 0 Å². The molecule has 2 nitrogen and oxygen atoms in total. The Kier molecular flexibility index (Phi) is 5.78. The second-order valence-electron chi connectivity index (χ2n) is 3.30. The van der Waals surface area contributed by atoms with Gasteiger partial charge in [0, 0.05) is 6.04 Å². The number of hydrogen-bond donors (Lipinski definition) is 2. The molecule has 0 aromatic heterocycles. The second kappa shape index (κ2) is 6.08. The van der Waals surface area contributed by atoms with E-state index in [1.807, 2.05) is 0 Å². The van der Waals surface area contributed by atoms with E-state index < -0.39 is 17.8 Å². The van der Waals surface area contributed by atoms with E-state index in [0.717, 1.165) is 6.07 Å². The Morgan fingerprint density at radius 3 is 2.31 bits per heavy atom. The van der Waals surface area contributed by atoms with Gasteiger partial charge in [-0.2, -0.15) is 13.2 Å². The molecule has 1 aromatic rings. The Bertz CT molecular complexity index is 330. The van der Waals surface area contributed by atoms with E-state index in [0.29, 0.717) is 0 Å². The fourth-order valence-corrected chi connectivity index (χ4v) is 1.32. The molecule has 0 bridgehead atoms. The van der Waals surface area contributed by atoms with E-state index in [1.165, 1.54) is 18.2 Å². The molecule has 1 rings (SSSR count). The molecule has 0 fully saturated rings. The number of halogens is 4. The molecule has 0 heterocycles. The maximum absolute atomic E-state index is 12.5. The van der Waals surface area contributed by atoms with Crippen molar-refractivity contribution in [1.29, 1.82) is 0 Å². The van der Waals surface area contributed by atoms with Crippen molar-refractivity contribution >= 4 is 12.4 Å². The molecule has 0 saturated heterocycles. The van der Waals surface area contributed by atoms with Gasteiger partial charge in [-0.3, -0.25) is 0 Å². The maximum Gasteiger partial charge on any atom is 0.416 e. The van der Waals surface area contributed by atoms with Gasteiger partial charge in [-0.25, -0.2) is 0 Å². The van der Waals surface area contributed by atoms with Gasteiger partial charge in [0.15, 0.2) is 0 Å². The Morgan fingerprint density at radius 2 is 1.81 bits per heavy atom. The molecule has 0 amide bonds. The molecule has 0 spiro atoms. The van der Waals surface area contributed by atoms with Gasteiger partial charge in [-0.1, -0.05) is 18.2 Å². The van der Waals surface area contributed by atoms with Gasteiger partial charge in [0.25, 0.3) is 0 Å². The van der Waals surface area contributed by atoms with Crippen LogP contribution in [0.3, 0.4) is 0 Å². The van der Waals surface area contributed by atoms with E-state index >= 15 is 0 Å². The summed E-state index contributed by atoms with van der Waals surface area (Å²) in [5.74, 6) is 0. The van der Waals surface area contributed by atoms with Crippen LogP contribution in [-0.2, 0) is 12.6 Å². The molecule has 3 N–H and O–H groups in total. The number of rotatable bonds is 3. The number of alkyl halides is 3. The van der Waals surface area contributed by atoms with Gasteiger partial charge in [-0.05, 0) is 18.1 Å². The van der Waals surface area contributed by atoms with Crippen molar-refractivity contribution in [3.8, 4) is 0 Å². The highest BCUT2D eigenvalue weighted by atomic mass is 35.5. The zero-order chi connectivity index (χ0) is 11.5. The van der Waals surface area contributed by atoms with Crippen molar-refractivity contribution in [2.24, 2.45) is 5.73 Å². The van der Waals surface area contributed by atoms with E-state index in [9.17, 15) is 13.2 Å². The third-order valence-electron chi connectivity index (χ3n) is 2.04. The van der Waals surface area contributed by atoms with Crippen LogP contribution in [0.15, 0.2) is 24.3 Å². The zero-order valence-corrected chi connectivity index (χ0v) is 9.18. The van der Waals surface area contributed by atoms with Crippen LogP contribution in [0.1, 0.15) is 11.1 Å². The molecule has 1 unspecified atom stereocenters. The first-order valence-electron chi connectivity index (χ1n) is 4.46. The quantitative estimate of drug-likeness (QED) is 0.868. The summed E-state index contributed by atoms with van der Waals surface area (Å²) in [7, 11) is 0. The van der Waals surface area contributed by atoms with E-state index in [1.54, 1.807) is 0 Å². The first kappa shape index (κ1) is 15.2. The van der Waals surface area contributed by atoms with Crippen LogP contribution in [0.2, 0.25) is 0 Å². The van der Waals surface area contributed by atoms with Gasteiger partial charge in [0.05, 0.1) is 12.2 Å². The molecule has 1 atom stereocenters. The number of nitrogens with two attached hydrogens (primary N) is 1. The molecule has 1 aromatic carbocycles. The van der Waals surface area contributed by atoms with E-state index in [4.69, 9.17) is 10.8 Å². The van der Waals surface area contributed by atoms with Gasteiger partial charge in [0.2, 0.25) is 0 Å². The lowest BCUT2D eigenvalue weighted by atomic mass is 10.0. The van der Waals surface area contributed by atoms with Crippen LogP contribution in [0, 0.1) is 0 Å². The summed E-state index contributed by atoms with van der Waals surface area (Å²) in [6, 6.07) is 4.58.